The number of hydrogen-bond acceptors (Lipinski definition) is 5. The molecule has 0 unspecified atom stereocenters. The minimum absolute atomic E-state index is 0.0756. The molecule has 3 aromatic rings. The van der Waals surface area contributed by atoms with Gasteiger partial charge in [0, 0.05) is 29.6 Å². The average Bonchev–Trinajstić information content (AvgIpc) is 3.12. The summed E-state index contributed by atoms with van der Waals surface area (Å²) in [6, 6.07) is 14.5. The zero-order valence-corrected chi connectivity index (χ0v) is 19.8. The molecule has 0 amide bonds. The van der Waals surface area contributed by atoms with E-state index in [2.05, 4.69) is 15.9 Å². The van der Waals surface area contributed by atoms with Gasteiger partial charge in [-0.2, -0.15) is 0 Å². The predicted octanol–water partition coefficient (Wildman–Crippen LogP) is 2.90. The molecule has 174 valence electrons. The number of carbonyl (C=O) groups is 2. The molecule has 2 aromatic carbocycles. The van der Waals surface area contributed by atoms with Crippen molar-refractivity contribution in [2.75, 3.05) is 0 Å². The molecule has 0 radical (unpaired) electrons. The van der Waals surface area contributed by atoms with E-state index in [1.54, 1.807) is 42.5 Å². The second-order valence-electron chi connectivity index (χ2n) is 8.69. The van der Waals surface area contributed by atoms with Crippen LogP contribution in [0.3, 0.4) is 0 Å². The summed E-state index contributed by atoms with van der Waals surface area (Å²) in [4.78, 5) is 53.2. The summed E-state index contributed by atoms with van der Waals surface area (Å²) in [6.45, 7) is 0.151. The summed E-state index contributed by atoms with van der Waals surface area (Å²) >= 11 is 3.20. The number of Topliss-reactive ketones (excluding diaryl/α,β-unsaturated/α-hetero) is 1. The van der Waals surface area contributed by atoms with Crippen LogP contribution in [0, 0.1) is 0 Å². The van der Waals surface area contributed by atoms with E-state index in [9.17, 15) is 24.3 Å². The molecule has 0 saturated carbocycles. The van der Waals surface area contributed by atoms with E-state index in [0.29, 0.717) is 22.4 Å². The molecule has 0 spiro atoms. The monoisotopic (exact) mass is 531 g/mol. The molecule has 1 aromatic heterocycles. The van der Waals surface area contributed by atoms with Crippen LogP contribution in [0.15, 0.2) is 97.5 Å². The van der Waals surface area contributed by atoms with Crippen LogP contribution in [0.1, 0.15) is 23.9 Å². The van der Waals surface area contributed by atoms with Crippen molar-refractivity contribution in [2.45, 2.75) is 24.9 Å². The van der Waals surface area contributed by atoms with Gasteiger partial charge in [-0.25, -0.2) is 23.5 Å². The summed E-state index contributed by atoms with van der Waals surface area (Å²) in [7, 11) is 0. The zero-order chi connectivity index (χ0) is 24.4. The van der Waals surface area contributed by atoms with Gasteiger partial charge in [-0.05, 0) is 51.3 Å². The van der Waals surface area contributed by atoms with E-state index < -0.39 is 23.3 Å². The lowest BCUT2D eigenvalue weighted by atomic mass is 9.69. The first-order valence-electron chi connectivity index (χ1n) is 11.0. The van der Waals surface area contributed by atoms with Gasteiger partial charge >= 0.3 is 11.4 Å². The Morgan fingerprint density at radius 2 is 1.63 bits per heavy atom. The number of hydrogen-bond donors (Lipinski definition) is 1. The first-order chi connectivity index (χ1) is 16.9. The van der Waals surface area contributed by atoms with Crippen molar-refractivity contribution in [2.24, 2.45) is 0 Å². The largest absolute Gasteiger partial charge is 0.508 e. The molecule has 35 heavy (non-hydrogen) atoms. The van der Waals surface area contributed by atoms with Crippen LogP contribution >= 0.6 is 15.9 Å². The Labute approximate surface area is 206 Å². The number of rotatable bonds is 2. The molecule has 1 aliphatic heterocycles. The number of para-hydroxylation sites is 1. The average molecular weight is 532 g/mol. The van der Waals surface area contributed by atoms with Crippen molar-refractivity contribution < 1.29 is 14.7 Å². The van der Waals surface area contributed by atoms with Crippen LogP contribution in [0.5, 0.6) is 5.75 Å². The number of phenolic OH excluding ortho intramolecular Hbond substituents is 1. The normalized spacial score (nSPS) is 21.2. The van der Waals surface area contributed by atoms with Crippen LogP contribution in [0.4, 0.5) is 0 Å². The van der Waals surface area contributed by atoms with E-state index in [1.807, 2.05) is 6.08 Å². The van der Waals surface area contributed by atoms with Gasteiger partial charge in [0.15, 0.2) is 11.6 Å². The van der Waals surface area contributed by atoms with Crippen molar-refractivity contribution in [3.05, 3.63) is 114 Å². The number of allylic oxidation sites excluding steroid dienone is 6. The molecule has 2 heterocycles. The third-order valence-corrected chi connectivity index (χ3v) is 7.43. The molecule has 2 atom stereocenters. The smallest absolute Gasteiger partial charge is 0.352 e. The lowest BCUT2D eigenvalue weighted by Crippen LogP contribution is -2.40. The van der Waals surface area contributed by atoms with Crippen molar-refractivity contribution in [3.63, 3.8) is 0 Å². The summed E-state index contributed by atoms with van der Waals surface area (Å²) in [5, 5.41) is 9.81. The summed E-state index contributed by atoms with van der Waals surface area (Å²) in [5.41, 5.74) is 1.67. The standard InChI is InChI=1S/C26H18BrN3O5/c27-19-13-21(32)23-18(24(19)33)12-20-17(22(23)14-6-8-16(31)9-7-14)10-11-28-25(34)29(26(35)30(20)28)15-4-2-1-3-5-15/h1-10,13,20,22,31H,11-12H2/t20-,22+/m1/s1. The van der Waals surface area contributed by atoms with Crippen LogP contribution < -0.4 is 11.4 Å². The maximum absolute atomic E-state index is 13.6. The number of nitrogens with zero attached hydrogens (tertiary/aromatic N) is 3. The van der Waals surface area contributed by atoms with Gasteiger partial charge in [-0.15, -0.1) is 0 Å². The SMILES string of the molecule is O=C1C=C(Br)C(=O)C2=C1[C@@H](c1ccc(O)cc1)C1=CCn3c(=O)n(-c4ccccc4)c(=O)n3[C@@H]1C2. The number of aromatic nitrogens is 3. The van der Waals surface area contributed by atoms with Gasteiger partial charge in [-0.1, -0.05) is 36.4 Å². The van der Waals surface area contributed by atoms with Gasteiger partial charge in [0.2, 0.25) is 0 Å². The lowest BCUT2D eigenvalue weighted by molar-refractivity contribution is -0.115. The number of fused-ring (bicyclic) bond motifs is 3. The quantitative estimate of drug-likeness (QED) is 0.404. The Morgan fingerprint density at radius 3 is 2.34 bits per heavy atom. The van der Waals surface area contributed by atoms with Crippen LogP contribution in [0.25, 0.3) is 5.69 Å². The number of halogens is 1. The Morgan fingerprint density at radius 1 is 0.914 bits per heavy atom. The van der Waals surface area contributed by atoms with Crippen molar-refractivity contribution in [1.82, 2.24) is 13.9 Å². The first-order valence-corrected chi connectivity index (χ1v) is 11.8. The van der Waals surface area contributed by atoms with Crippen LogP contribution in [-0.2, 0) is 16.1 Å². The Hall–Kier alpha value is -3.98. The number of carbonyl (C=O) groups excluding carboxylic acids is 2. The number of aromatic hydroxyl groups is 1. The minimum atomic E-state index is -0.624. The fraction of sp³-hybridized carbons (Fsp3) is 0.154. The molecule has 0 bridgehead atoms. The molecular weight excluding hydrogens is 514 g/mol. The second-order valence-corrected chi connectivity index (χ2v) is 9.54. The fourth-order valence-electron chi connectivity index (χ4n) is 5.32. The lowest BCUT2D eigenvalue weighted by Gasteiger charge is -2.39. The maximum atomic E-state index is 13.6. The van der Waals surface area contributed by atoms with E-state index in [4.69, 9.17) is 0 Å². The summed E-state index contributed by atoms with van der Waals surface area (Å²) < 4.78 is 4.08. The minimum Gasteiger partial charge on any atom is -0.508 e. The molecular formula is C26H18BrN3O5. The maximum Gasteiger partial charge on any atom is 0.352 e. The highest BCUT2D eigenvalue weighted by Gasteiger charge is 2.45. The Balaban J connectivity index is 1.59. The molecule has 8 nitrogen and oxygen atoms in total. The third kappa shape index (κ3) is 3.11. The molecule has 2 aliphatic carbocycles. The fourth-order valence-corrected chi connectivity index (χ4v) is 5.77. The van der Waals surface area contributed by atoms with Gasteiger partial charge < -0.3 is 5.11 Å². The van der Waals surface area contributed by atoms with E-state index >= 15 is 0 Å². The van der Waals surface area contributed by atoms with Crippen LogP contribution in [-0.4, -0.2) is 30.6 Å². The number of benzene rings is 2. The van der Waals surface area contributed by atoms with Crippen molar-refractivity contribution in [3.8, 4) is 11.4 Å². The molecule has 6 rings (SSSR count). The van der Waals surface area contributed by atoms with Crippen molar-refractivity contribution in [1.29, 1.82) is 0 Å². The molecule has 3 aliphatic rings. The molecule has 0 fully saturated rings. The van der Waals surface area contributed by atoms with E-state index in [1.165, 1.54) is 27.6 Å². The van der Waals surface area contributed by atoms with Gasteiger partial charge in [0.25, 0.3) is 0 Å². The van der Waals surface area contributed by atoms with Gasteiger partial charge in [0.1, 0.15) is 5.75 Å². The molecule has 1 N–H and O–H groups in total. The zero-order valence-electron chi connectivity index (χ0n) is 18.2. The highest BCUT2D eigenvalue weighted by atomic mass is 79.9. The van der Waals surface area contributed by atoms with Crippen molar-refractivity contribution >= 4 is 27.5 Å². The first kappa shape index (κ1) is 21.5. The number of phenols is 1. The third-order valence-electron chi connectivity index (χ3n) is 6.84. The topological polar surface area (TPSA) is 103 Å². The molecule has 0 saturated heterocycles. The molecule has 9 heteroatoms. The Kier molecular flexibility index (Phi) is 4.79. The van der Waals surface area contributed by atoms with E-state index in [0.717, 1.165) is 10.1 Å². The highest BCUT2D eigenvalue weighted by Crippen LogP contribution is 2.50. The second kappa shape index (κ2) is 7.78. The predicted molar refractivity (Wildman–Crippen MR) is 131 cm³/mol. The van der Waals surface area contributed by atoms with Gasteiger partial charge in [-0.3, -0.25) is 9.59 Å². The number of ketones is 2. The summed E-state index contributed by atoms with van der Waals surface area (Å²) in [6.07, 6.45) is 3.26. The van der Waals surface area contributed by atoms with Gasteiger partial charge in [0.05, 0.1) is 22.8 Å². The van der Waals surface area contributed by atoms with Crippen LogP contribution in [0.2, 0.25) is 0 Å². The van der Waals surface area contributed by atoms with E-state index in [-0.39, 0.29) is 34.8 Å². The summed E-state index contributed by atoms with van der Waals surface area (Å²) in [5.74, 6) is -1.10. The Bertz CT molecular complexity index is 1630. The highest BCUT2D eigenvalue weighted by molar-refractivity contribution is 9.12.